The summed E-state index contributed by atoms with van der Waals surface area (Å²) < 4.78 is 10.9. The van der Waals surface area contributed by atoms with Crippen LogP contribution in [0, 0.1) is 0 Å². The average molecular weight is 438 g/mol. The van der Waals surface area contributed by atoms with Crippen LogP contribution < -0.4 is 24.6 Å². The maximum absolute atomic E-state index is 13.4. The molecule has 2 fully saturated rings. The van der Waals surface area contributed by atoms with Gasteiger partial charge in [0.15, 0.2) is 11.5 Å². The van der Waals surface area contributed by atoms with Gasteiger partial charge in [-0.15, -0.1) is 11.8 Å². The van der Waals surface area contributed by atoms with Crippen LogP contribution in [0.15, 0.2) is 47.4 Å². The van der Waals surface area contributed by atoms with Crippen LogP contribution in [-0.2, 0) is 4.79 Å². The van der Waals surface area contributed by atoms with E-state index in [9.17, 15) is 4.79 Å². The Bertz CT molecular complexity index is 1010. The zero-order valence-corrected chi connectivity index (χ0v) is 18.7. The molecule has 3 heterocycles. The van der Waals surface area contributed by atoms with Crippen LogP contribution >= 0.6 is 11.8 Å². The van der Waals surface area contributed by atoms with E-state index in [-0.39, 0.29) is 12.7 Å². The lowest BCUT2D eigenvalue weighted by Gasteiger charge is -2.38. The highest BCUT2D eigenvalue weighted by Crippen LogP contribution is 2.38. The minimum absolute atomic E-state index is 0.0342. The standard InChI is InChI=1S/C24H27N3O3S/c1-16-13-26(14-17(2)25-16)20-6-4-3-5-18(20)11-23-24(28)27(9-10-31-23)19-7-8-21-22(12-19)30-15-29-21/h3-8,11-12,16-17,25H,9-10,13-15H2,1-2H3/b23-11-. The van der Waals surface area contributed by atoms with Gasteiger partial charge < -0.3 is 24.6 Å². The number of amides is 1. The molecule has 1 amide bonds. The summed E-state index contributed by atoms with van der Waals surface area (Å²) in [6.07, 6.45) is 2.05. The molecule has 162 valence electrons. The highest BCUT2D eigenvalue weighted by molar-refractivity contribution is 8.04. The van der Waals surface area contributed by atoms with Crippen LogP contribution in [0.5, 0.6) is 11.5 Å². The van der Waals surface area contributed by atoms with Crippen molar-refractivity contribution < 1.29 is 14.3 Å². The number of carbonyl (C=O) groups is 1. The van der Waals surface area contributed by atoms with Gasteiger partial charge in [-0.25, -0.2) is 0 Å². The second kappa shape index (κ2) is 8.48. The van der Waals surface area contributed by atoms with Crippen LogP contribution in [-0.4, -0.2) is 50.2 Å². The van der Waals surface area contributed by atoms with Crippen molar-refractivity contribution in [3.05, 3.63) is 52.9 Å². The number of nitrogens with zero attached hydrogens (tertiary/aromatic N) is 2. The van der Waals surface area contributed by atoms with Crippen LogP contribution in [0.3, 0.4) is 0 Å². The Morgan fingerprint density at radius 1 is 1.06 bits per heavy atom. The number of anilines is 2. The molecule has 1 N–H and O–H groups in total. The number of benzene rings is 2. The molecule has 0 bridgehead atoms. The Kier molecular flexibility index (Phi) is 5.54. The molecule has 0 saturated carbocycles. The summed E-state index contributed by atoms with van der Waals surface area (Å²) in [4.78, 5) is 18.4. The quantitative estimate of drug-likeness (QED) is 0.739. The van der Waals surface area contributed by atoms with Crippen LogP contribution in [0.2, 0.25) is 0 Å². The zero-order valence-electron chi connectivity index (χ0n) is 17.8. The van der Waals surface area contributed by atoms with E-state index in [0.29, 0.717) is 24.4 Å². The summed E-state index contributed by atoms with van der Waals surface area (Å²) in [5.41, 5.74) is 3.12. The smallest absolute Gasteiger partial charge is 0.264 e. The van der Waals surface area contributed by atoms with Gasteiger partial charge in [0.2, 0.25) is 6.79 Å². The number of nitrogens with one attached hydrogen (secondary N) is 1. The first-order chi connectivity index (χ1) is 15.1. The Balaban J connectivity index is 1.43. The minimum atomic E-state index is 0.0342. The van der Waals surface area contributed by atoms with Crippen molar-refractivity contribution >= 4 is 35.1 Å². The summed E-state index contributed by atoms with van der Waals surface area (Å²) in [5.74, 6) is 2.32. The molecule has 2 saturated heterocycles. The molecule has 7 heteroatoms. The molecular weight excluding hydrogens is 410 g/mol. The summed E-state index contributed by atoms with van der Waals surface area (Å²) in [6.45, 7) is 7.24. The molecule has 2 atom stereocenters. The topological polar surface area (TPSA) is 54.0 Å². The molecule has 2 aromatic rings. The second-order valence-electron chi connectivity index (χ2n) is 8.28. The van der Waals surface area contributed by atoms with Crippen LogP contribution in [0.25, 0.3) is 6.08 Å². The Morgan fingerprint density at radius 2 is 1.84 bits per heavy atom. The lowest BCUT2D eigenvalue weighted by molar-refractivity contribution is -0.114. The van der Waals surface area contributed by atoms with Crippen molar-refractivity contribution in [2.45, 2.75) is 25.9 Å². The van der Waals surface area contributed by atoms with Gasteiger partial charge in [-0.05, 0) is 43.7 Å². The van der Waals surface area contributed by atoms with Gasteiger partial charge in [0, 0.05) is 54.9 Å². The first kappa shape index (κ1) is 20.3. The molecule has 5 rings (SSSR count). The van der Waals surface area contributed by atoms with Crippen molar-refractivity contribution in [2.75, 3.05) is 42.0 Å². The molecule has 0 aromatic heterocycles. The van der Waals surface area contributed by atoms with Crippen molar-refractivity contribution in [3.63, 3.8) is 0 Å². The van der Waals surface area contributed by atoms with E-state index < -0.39 is 0 Å². The summed E-state index contributed by atoms with van der Waals surface area (Å²) in [5, 5.41) is 3.59. The van der Waals surface area contributed by atoms with E-state index in [4.69, 9.17) is 9.47 Å². The maximum Gasteiger partial charge on any atom is 0.264 e. The van der Waals surface area contributed by atoms with Gasteiger partial charge in [-0.3, -0.25) is 4.79 Å². The number of hydrogen-bond donors (Lipinski definition) is 1. The van der Waals surface area contributed by atoms with E-state index in [0.717, 1.165) is 40.7 Å². The van der Waals surface area contributed by atoms with E-state index >= 15 is 0 Å². The largest absolute Gasteiger partial charge is 0.454 e. The summed E-state index contributed by atoms with van der Waals surface area (Å²) in [7, 11) is 0. The van der Waals surface area contributed by atoms with E-state index in [1.807, 2.05) is 29.2 Å². The minimum Gasteiger partial charge on any atom is -0.454 e. The van der Waals surface area contributed by atoms with Gasteiger partial charge in [0.25, 0.3) is 5.91 Å². The SMILES string of the molecule is CC1CN(c2ccccc2/C=C2\SCCN(c3ccc4c(c3)OCO4)C2=O)CC(C)N1. The number of hydrogen-bond acceptors (Lipinski definition) is 6. The number of fused-ring (bicyclic) bond motifs is 1. The molecule has 2 aromatic carbocycles. The van der Waals surface area contributed by atoms with Gasteiger partial charge in [-0.1, -0.05) is 18.2 Å². The van der Waals surface area contributed by atoms with Crippen molar-refractivity contribution in [2.24, 2.45) is 0 Å². The molecule has 3 aliphatic rings. The van der Waals surface area contributed by atoms with E-state index in [2.05, 4.69) is 48.3 Å². The molecule has 3 aliphatic heterocycles. The van der Waals surface area contributed by atoms with Crippen LogP contribution in [0.4, 0.5) is 11.4 Å². The van der Waals surface area contributed by atoms with Gasteiger partial charge in [0.1, 0.15) is 0 Å². The number of piperazine rings is 1. The lowest BCUT2D eigenvalue weighted by atomic mass is 10.1. The number of ether oxygens (including phenoxy) is 2. The maximum atomic E-state index is 13.4. The Morgan fingerprint density at radius 3 is 2.68 bits per heavy atom. The fourth-order valence-electron chi connectivity index (χ4n) is 4.51. The predicted octanol–water partition coefficient (Wildman–Crippen LogP) is 3.72. The number of thioether (sulfide) groups is 1. The monoisotopic (exact) mass is 437 g/mol. The van der Waals surface area contributed by atoms with Gasteiger partial charge in [-0.2, -0.15) is 0 Å². The Hall–Kier alpha value is -2.64. The van der Waals surface area contributed by atoms with Crippen molar-refractivity contribution in [1.82, 2.24) is 5.32 Å². The highest BCUT2D eigenvalue weighted by Gasteiger charge is 2.28. The molecule has 0 spiro atoms. The third-order valence-corrected chi connectivity index (χ3v) is 6.81. The normalized spacial score (nSPS) is 24.7. The molecule has 2 unspecified atom stereocenters. The molecule has 0 aliphatic carbocycles. The molecule has 0 radical (unpaired) electrons. The molecule has 31 heavy (non-hydrogen) atoms. The number of para-hydroxylation sites is 1. The third-order valence-electron chi connectivity index (χ3n) is 5.82. The molecule has 6 nitrogen and oxygen atoms in total. The van der Waals surface area contributed by atoms with E-state index in [1.165, 1.54) is 5.69 Å². The predicted molar refractivity (Wildman–Crippen MR) is 126 cm³/mol. The lowest BCUT2D eigenvalue weighted by Crippen LogP contribution is -2.54. The molecular formula is C24H27N3O3S. The summed E-state index contributed by atoms with van der Waals surface area (Å²) in [6, 6.07) is 14.9. The van der Waals surface area contributed by atoms with Gasteiger partial charge in [0.05, 0.1) is 4.91 Å². The van der Waals surface area contributed by atoms with Crippen LogP contribution in [0.1, 0.15) is 19.4 Å². The Labute approximate surface area is 187 Å². The second-order valence-corrected chi connectivity index (χ2v) is 9.42. The fraction of sp³-hybridized carbons (Fsp3) is 0.375. The number of carbonyl (C=O) groups excluding carboxylic acids is 1. The van der Waals surface area contributed by atoms with Gasteiger partial charge >= 0.3 is 0 Å². The first-order valence-corrected chi connectivity index (χ1v) is 11.7. The first-order valence-electron chi connectivity index (χ1n) is 10.7. The third kappa shape index (κ3) is 4.12. The van der Waals surface area contributed by atoms with Crippen molar-refractivity contribution in [1.29, 1.82) is 0 Å². The highest BCUT2D eigenvalue weighted by atomic mass is 32.2. The zero-order chi connectivity index (χ0) is 21.4. The van der Waals surface area contributed by atoms with E-state index in [1.54, 1.807) is 11.8 Å². The summed E-state index contributed by atoms with van der Waals surface area (Å²) >= 11 is 1.63. The average Bonchev–Trinajstić information content (AvgIpc) is 3.23. The fourth-order valence-corrected chi connectivity index (χ4v) is 5.45. The number of rotatable bonds is 3. The van der Waals surface area contributed by atoms with Crippen molar-refractivity contribution in [3.8, 4) is 11.5 Å².